The van der Waals surface area contributed by atoms with Gasteiger partial charge in [-0.2, -0.15) is 0 Å². The second-order valence-electron chi connectivity index (χ2n) is 13.4. The maximum absolute atomic E-state index is 6.40. The largest absolute Gasteiger partial charge is 0.456 e. The number of hydrogen-bond acceptors (Lipinski definition) is 3. The molecule has 4 aromatic heterocycles. The molecule has 236 valence electrons. The molecule has 51 heavy (non-hydrogen) atoms. The SMILES string of the molecule is c1cc(-c2nc3ccccc3c3c4ccccc4c4ccccc4c23)cc(-n2c3cc4c(cc3c3sc5ccccc5c32)oc2ccccc24)c1. The minimum atomic E-state index is 0.912. The Labute approximate surface area is 295 Å². The van der Waals surface area contributed by atoms with Gasteiger partial charge >= 0.3 is 0 Å². The first-order valence-electron chi connectivity index (χ1n) is 17.3. The fraction of sp³-hybridized carbons (Fsp3) is 0. The van der Waals surface area contributed by atoms with Crippen molar-refractivity contribution in [2.45, 2.75) is 0 Å². The van der Waals surface area contributed by atoms with Crippen molar-refractivity contribution in [3.05, 3.63) is 158 Å². The molecule has 12 aromatic rings. The average molecular weight is 667 g/mol. The summed E-state index contributed by atoms with van der Waals surface area (Å²) in [7, 11) is 0. The maximum atomic E-state index is 6.40. The van der Waals surface area contributed by atoms with E-state index in [0.29, 0.717) is 0 Å². The quantitative estimate of drug-likeness (QED) is 0.172. The summed E-state index contributed by atoms with van der Waals surface area (Å²) in [6.45, 7) is 0. The Morgan fingerprint density at radius 1 is 0.471 bits per heavy atom. The Morgan fingerprint density at radius 2 is 1.14 bits per heavy atom. The summed E-state index contributed by atoms with van der Waals surface area (Å²) in [5, 5.41) is 13.3. The predicted molar refractivity (Wildman–Crippen MR) is 217 cm³/mol. The summed E-state index contributed by atoms with van der Waals surface area (Å²) in [6, 6.07) is 56.9. The minimum absolute atomic E-state index is 0.912. The van der Waals surface area contributed by atoms with Gasteiger partial charge in [-0.15, -0.1) is 11.3 Å². The van der Waals surface area contributed by atoms with Crippen molar-refractivity contribution in [2.24, 2.45) is 0 Å². The molecule has 8 aromatic carbocycles. The van der Waals surface area contributed by atoms with Gasteiger partial charge < -0.3 is 8.98 Å². The molecule has 0 bridgehead atoms. The molecule has 0 atom stereocenters. The van der Waals surface area contributed by atoms with Crippen molar-refractivity contribution in [2.75, 3.05) is 0 Å². The molecule has 0 aliphatic rings. The van der Waals surface area contributed by atoms with E-state index in [0.717, 1.165) is 44.4 Å². The Balaban J connectivity index is 1.22. The van der Waals surface area contributed by atoms with Crippen LogP contribution in [0, 0.1) is 0 Å². The van der Waals surface area contributed by atoms with E-state index in [1.807, 2.05) is 17.4 Å². The highest BCUT2D eigenvalue weighted by molar-refractivity contribution is 7.26. The maximum Gasteiger partial charge on any atom is 0.136 e. The van der Waals surface area contributed by atoms with Gasteiger partial charge in [0.2, 0.25) is 0 Å². The molecular formula is C47H26N2OS. The molecule has 0 aliphatic carbocycles. The van der Waals surface area contributed by atoms with Gasteiger partial charge in [0, 0.05) is 53.7 Å². The zero-order valence-corrected chi connectivity index (χ0v) is 28.0. The number of thiophene rings is 1. The van der Waals surface area contributed by atoms with E-state index >= 15 is 0 Å². The molecule has 0 radical (unpaired) electrons. The lowest BCUT2D eigenvalue weighted by Gasteiger charge is -2.17. The van der Waals surface area contributed by atoms with E-state index in [-0.39, 0.29) is 0 Å². The summed E-state index contributed by atoms with van der Waals surface area (Å²) in [5.74, 6) is 0. The number of nitrogens with zero attached hydrogens (tertiary/aromatic N) is 2. The Morgan fingerprint density at radius 3 is 1.96 bits per heavy atom. The fourth-order valence-electron chi connectivity index (χ4n) is 8.58. The molecule has 0 fully saturated rings. The minimum Gasteiger partial charge on any atom is -0.456 e. The van der Waals surface area contributed by atoms with Crippen LogP contribution < -0.4 is 0 Å². The van der Waals surface area contributed by atoms with Gasteiger partial charge in [0.25, 0.3) is 0 Å². The van der Waals surface area contributed by atoms with Crippen molar-refractivity contribution in [1.29, 1.82) is 0 Å². The number of aromatic nitrogens is 2. The van der Waals surface area contributed by atoms with Crippen LogP contribution in [-0.4, -0.2) is 9.55 Å². The summed E-state index contributed by atoms with van der Waals surface area (Å²) >= 11 is 1.85. The first-order valence-corrected chi connectivity index (χ1v) is 18.1. The van der Waals surface area contributed by atoms with E-state index in [1.54, 1.807) is 0 Å². The molecule has 0 spiro atoms. The van der Waals surface area contributed by atoms with Gasteiger partial charge in [-0.25, -0.2) is 4.98 Å². The van der Waals surface area contributed by atoms with Crippen molar-refractivity contribution < 1.29 is 4.42 Å². The monoisotopic (exact) mass is 666 g/mol. The first-order chi connectivity index (χ1) is 25.3. The van der Waals surface area contributed by atoms with Crippen LogP contribution in [0.3, 0.4) is 0 Å². The zero-order valence-electron chi connectivity index (χ0n) is 27.2. The highest BCUT2D eigenvalue weighted by Gasteiger charge is 2.22. The van der Waals surface area contributed by atoms with Gasteiger partial charge in [0.1, 0.15) is 11.2 Å². The molecule has 12 rings (SSSR count). The van der Waals surface area contributed by atoms with Gasteiger partial charge in [-0.1, -0.05) is 115 Å². The van der Waals surface area contributed by atoms with Gasteiger partial charge in [-0.05, 0) is 64.0 Å². The van der Waals surface area contributed by atoms with E-state index in [1.165, 1.54) is 68.9 Å². The summed E-state index contributed by atoms with van der Waals surface area (Å²) in [5.41, 5.74) is 8.43. The summed E-state index contributed by atoms with van der Waals surface area (Å²) in [4.78, 5) is 5.47. The Hall–Kier alpha value is -6.49. The van der Waals surface area contributed by atoms with Crippen LogP contribution in [0.1, 0.15) is 0 Å². The number of furan rings is 1. The average Bonchev–Trinajstić information content (AvgIpc) is 3.85. The van der Waals surface area contributed by atoms with Crippen LogP contribution in [0.15, 0.2) is 162 Å². The zero-order chi connectivity index (χ0) is 33.2. The number of pyridine rings is 1. The fourth-order valence-corrected chi connectivity index (χ4v) is 9.79. The molecule has 0 N–H and O–H groups in total. The standard InChI is InChI=1S/C47H26N2OS/c1-3-17-32-29(14-1)30-15-2-4-18-33(30)44-43(32)34-19-5-8-21-38(34)48-45(44)27-12-11-13-28(24-27)49-39-25-36-31-16-6-9-22-40(31)50-41(36)26-37(39)47-46(49)35-20-7-10-23-42(35)51-47/h1-26H. The lowest BCUT2D eigenvalue weighted by molar-refractivity contribution is 0.669. The number of benzene rings is 8. The first kappa shape index (κ1) is 27.3. The van der Waals surface area contributed by atoms with Crippen molar-refractivity contribution in [3.63, 3.8) is 0 Å². The van der Waals surface area contributed by atoms with Gasteiger partial charge in [-0.3, -0.25) is 0 Å². The van der Waals surface area contributed by atoms with Crippen LogP contribution in [-0.2, 0) is 0 Å². The number of para-hydroxylation sites is 2. The molecule has 4 heteroatoms. The third kappa shape index (κ3) is 3.69. The summed E-state index contributed by atoms with van der Waals surface area (Å²) in [6.07, 6.45) is 0. The number of hydrogen-bond donors (Lipinski definition) is 0. The van der Waals surface area contributed by atoms with Crippen LogP contribution >= 0.6 is 11.3 Å². The normalized spacial score (nSPS) is 12.3. The highest BCUT2D eigenvalue weighted by atomic mass is 32.1. The highest BCUT2D eigenvalue weighted by Crippen LogP contribution is 2.46. The van der Waals surface area contributed by atoms with Crippen LogP contribution in [0.5, 0.6) is 0 Å². The number of fused-ring (bicyclic) bond motifs is 16. The van der Waals surface area contributed by atoms with Crippen LogP contribution in [0.25, 0.3) is 113 Å². The molecule has 0 saturated carbocycles. The van der Waals surface area contributed by atoms with E-state index in [2.05, 4.69) is 156 Å². The van der Waals surface area contributed by atoms with Gasteiger partial charge in [0.15, 0.2) is 0 Å². The predicted octanol–water partition coefficient (Wildman–Crippen LogP) is 13.6. The van der Waals surface area contributed by atoms with E-state index < -0.39 is 0 Å². The number of rotatable bonds is 2. The van der Waals surface area contributed by atoms with Crippen LogP contribution in [0.4, 0.5) is 0 Å². The topological polar surface area (TPSA) is 31.0 Å². The third-order valence-corrected chi connectivity index (χ3v) is 11.9. The molecule has 4 heterocycles. The van der Waals surface area contributed by atoms with Gasteiger partial charge in [0.05, 0.1) is 26.9 Å². The molecule has 0 aliphatic heterocycles. The van der Waals surface area contributed by atoms with Crippen molar-refractivity contribution >= 4 is 108 Å². The third-order valence-electron chi connectivity index (χ3n) is 10.7. The van der Waals surface area contributed by atoms with E-state index in [9.17, 15) is 0 Å². The van der Waals surface area contributed by atoms with Crippen LogP contribution in [0.2, 0.25) is 0 Å². The molecular weight excluding hydrogens is 641 g/mol. The molecule has 3 nitrogen and oxygen atoms in total. The molecule has 0 amide bonds. The smallest absolute Gasteiger partial charge is 0.136 e. The second-order valence-corrected chi connectivity index (χ2v) is 14.5. The van der Waals surface area contributed by atoms with Crippen molar-refractivity contribution in [1.82, 2.24) is 9.55 Å². The Bertz CT molecular complexity index is 3440. The lowest BCUT2D eigenvalue weighted by Crippen LogP contribution is -1.96. The molecule has 0 saturated heterocycles. The Kier molecular flexibility index (Phi) is 5.38. The van der Waals surface area contributed by atoms with Crippen molar-refractivity contribution in [3.8, 4) is 16.9 Å². The summed E-state index contributed by atoms with van der Waals surface area (Å²) < 4.78 is 11.4. The van der Waals surface area contributed by atoms with E-state index in [4.69, 9.17) is 9.40 Å². The lowest BCUT2D eigenvalue weighted by atomic mass is 9.90. The second kappa shape index (κ2) is 10.0. The molecule has 0 unspecified atom stereocenters.